The lowest BCUT2D eigenvalue weighted by Crippen LogP contribution is -2.54. The van der Waals surface area contributed by atoms with Crippen LogP contribution in [0.1, 0.15) is 135 Å². The van der Waals surface area contributed by atoms with Crippen LogP contribution in [0.15, 0.2) is 72.9 Å². The Morgan fingerprint density at radius 2 is 1.58 bits per heavy atom. The van der Waals surface area contributed by atoms with Crippen LogP contribution in [0.5, 0.6) is 5.75 Å². The van der Waals surface area contributed by atoms with Crippen molar-refractivity contribution >= 4 is 57.7 Å². The third-order valence-corrected chi connectivity index (χ3v) is 17.7. The van der Waals surface area contributed by atoms with Crippen LogP contribution < -0.4 is 20.7 Å². The van der Waals surface area contributed by atoms with Gasteiger partial charge in [-0.15, -0.1) is 0 Å². The summed E-state index contributed by atoms with van der Waals surface area (Å²) in [6.07, 6.45) is 14.0. The minimum absolute atomic E-state index is 0.00255. The van der Waals surface area contributed by atoms with Crippen LogP contribution in [0.3, 0.4) is 0 Å². The summed E-state index contributed by atoms with van der Waals surface area (Å²) < 4.78 is 20.5. The summed E-state index contributed by atoms with van der Waals surface area (Å²) >= 11 is 0. The second kappa shape index (κ2) is 19.1. The fourth-order valence-corrected chi connectivity index (χ4v) is 13.3. The highest BCUT2D eigenvalue weighted by Gasteiger charge is 2.68. The summed E-state index contributed by atoms with van der Waals surface area (Å²) in [6, 6.07) is 18.9. The van der Waals surface area contributed by atoms with E-state index in [0.29, 0.717) is 36.2 Å². The number of nitrogens with one attached hydrogen (secondary N) is 3. The molecular formula is C56H64FN7O7. The van der Waals surface area contributed by atoms with Gasteiger partial charge in [-0.25, -0.2) is 4.39 Å². The number of likely N-dealkylation sites (tertiary alicyclic amines) is 2. The van der Waals surface area contributed by atoms with Crippen LogP contribution in [-0.2, 0) is 19.2 Å². The van der Waals surface area contributed by atoms with Gasteiger partial charge in [-0.05, 0) is 174 Å². The first kappa shape index (κ1) is 47.1. The van der Waals surface area contributed by atoms with E-state index in [4.69, 9.17) is 4.74 Å². The van der Waals surface area contributed by atoms with Crippen LogP contribution in [0.25, 0.3) is 10.9 Å². The summed E-state index contributed by atoms with van der Waals surface area (Å²) in [7, 11) is 0. The minimum atomic E-state index is -0.993. The van der Waals surface area contributed by atoms with Gasteiger partial charge >= 0.3 is 0 Å². The number of fused-ring (bicyclic) bond motifs is 2. The molecule has 372 valence electrons. The molecule has 1 spiro atoms. The average Bonchev–Trinajstić information content (AvgIpc) is 3.88. The summed E-state index contributed by atoms with van der Waals surface area (Å²) in [6.45, 7) is 6.30. The van der Waals surface area contributed by atoms with Crippen LogP contribution in [0.4, 0.5) is 15.8 Å². The molecule has 3 aromatic carbocycles. The van der Waals surface area contributed by atoms with Crippen molar-refractivity contribution in [2.24, 2.45) is 22.7 Å². The minimum Gasteiger partial charge on any atom is -0.490 e. The van der Waals surface area contributed by atoms with Crippen molar-refractivity contribution in [2.45, 2.75) is 127 Å². The van der Waals surface area contributed by atoms with E-state index >= 15 is 0 Å². The SMILES string of the molecule is C[C@]1(C(=O)Nc2ccc(OC3CCN(C(=O)C4CCN(CC5CCC(Nc6cccc7c6C(=O)N(C6CCC(=O)NC6=O)C7=O)CC5)CC4)CC3)cc2)CC12CCC(c1ccnc3ccc(F)cc13)CC2. The molecule has 3 aliphatic carbocycles. The number of rotatable bonds is 11. The molecule has 0 radical (unpaired) electrons. The fourth-order valence-electron chi connectivity index (χ4n) is 13.3. The van der Waals surface area contributed by atoms with Crippen molar-refractivity contribution in [3.05, 3.63) is 95.4 Å². The fraction of sp³-hybridized carbons (Fsp3) is 0.518. The van der Waals surface area contributed by atoms with Crippen molar-refractivity contribution < 1.29 is 37.9 Å². The largest absolute Gasteiger partial charge is 0.490 e. The number of halogens is 1. The Morgan fingerprint density at radius 1 is 0.831 bits per heavy atom. The molecule has 0 bridgehead atoms. The molecule has 14 nitrogen and oxygen atoms in total. The van der Waals surface area contributed by atoms with Gasteiger partial charge in [0.1, 0.15) is 23.7 Å². The Morgan fingerprint density at radius 3 is 2.31 bits per heavy atom. The molecule has 3 saturated heterocycles. The number of piperidine rings is 3. The van der Waals surface area contributed by atoms with Gasteiger partial charge in [-0.3, -0.25) is 44.0 Å². The number of carbonyl (C=O) groups excluding carboxylic acids is 6. The number of aromatic nitrogens is 1. The second-order valence-electron chi connectivity index (χ2n) is 21.9. The number of nitrogens with zero attached hydrogens (tertiary/aromatic N) is 4. The molecule has 15 heteroatoms. The van der Waals surface area contributed by atoms with Gasteiger partial charge in [-0.1, -0.05) is 13.0 Å². The zero-order valence-electron chi connectivity index (χ0n) is 40.6. The van der Waals surface area contributed by atoms with E-state index in [9.17, 15) is 33.2 Å². The standard InChI is InChI=1S/C56H64FN7O7/c1-55(33-56(55)24-17-35(18-25-56)42-19-26-58-45-14-7-37(57)31-44(42)45)54(70)60-39-10-12-40(13-11-39)71-41-22-29-63(30-23-41)51(67)36-20-27-62(28-21-36)32-34-5-8-38(9-6-34)59-46-4-2-3-43-49(46)53(69)64(52(43)68)47-15-16-48(65)61-50(47)66/h2-4,7,10-14,19,26,31,34-36,38,41,47,59H,5-6,8-9,15-18,20-25,27-30,32-33H2,1H3,(H,60,70)(H,61,65,66)/t34?,35?,38?,47?,55-,56?/m1/s1. The van der Waals surface area contributed by atoms with E-state index in [1.807, 2.05) is 47.5 Å². The Hall–Kier alpha value is -6.22. The van der Waals surface area contributed by atoms with Gasteiger partial charge in [0.05, 0.1) is 22.1 Å². The maximum Gasteiger partial charge on any atom is 0.264 e. The number of benzene rings is 3. The number of hydrogen-bond donors (Lipinski definition) is 3. The number of pyridine rings is 1. The number of ether oxygens (including phenoxy) is 1. The Labute approximate surface area is 413 Å². The summed E-state index contributed by atoms with van der Waals surface area (Å²) in [5.41, 5.74) is 3.51. The van der Waals surface area contributed by atoms with Crippen LogP contribution in [-0.4, -0.2) is 106 Å². The number of anilines is 2. The highest BCUT2D eigenvalue weighted by Crippen LogP contribution is 2.71. The van der Waals surface area contributed by atoms with Crippen molar-refractivity contribution in [2.75, 3.05) is 43.4 Å². The molecule has 5 heterocycles. The molecule has 4 aromatic rings. The topological polar surface area (TPSA) is 170 Å². The Balaban J connectivity index is 0.582. The lowest BCUT2D eigenvalue weighted by atomic mass is 9.73. The summed E-state index contributed by atoms with van der Waals surface area (Å²) in [5.74, 6) is -0.243. The van der Waals surface area contributed by atoms with Crippen molar-refractivity contribution in [3.63, 3.8) is 0 Å². The first-order chi connectivity index (χ1) is 34.3. The third-order valence-electron chi connectivity index (χ3n) is 17.7. The van der Waals surface area contributed by atoms with Gasteiger partial charge in [0.2, 0.25) is 23.6 Å². The molecule has 4 aliphatic heterocycles. The molecule has 6 fully saturated rings. The number of amides is 6. The lowest BCUT2D eigenvalue weighted by Gasteiger charge is -2.39. The van der Waals surface area contributed by atoms with Gasteiger partial charge in [-0.2, -0.15) is 0 Å². The Bertz CT molecular complexity index is 2750. The van der Waals surface area contributed by atoms with E-state index in [1.165, 1.54) is 6.07 Å². The molecule has 3 saturated carbocycles. The van der Waals surface area contributed by atoms with E-state index in [2.05, 4.69) is 32.8 Å². The normalized spacial score (nSPS) is 28.5. The number of hydrogen-bond acceptors (Lipinski definition) is 10. The molecular weight excluding hydrogens is 902 g/mol. The van der Waals surface area contributed by atoms with E-state index in [0.717, 1.165) is 136 Å². The maximum atomic E-state index is 14.1. The van der Waals surface area contributed by atoms with Crippen LogP contribution in [0, 0.1) is 28.5 Å². The second-order valence-corrected chi connectivity index (χ2v) is 21.9. The average molecular weight is 966 g/mol. The lowest BCUT2D eigenvalue weighted by molar-refractivity contribution is -0.139. The van der Waals surface area contributed by atoms with E-state index < -0.39 is 35.1 Å². The van der Waals surface area contributed by atoms with Gasteiger partial charge in [0, 0.05) is 73.8 Å². The molecule has 3 N–H and O–H groups in total. The van der Waals surface area contributed by atoms with Crippen molar-refractivity contribution in [3.8, 4) is 5.75 Å². The van der Waals surface area contributed by atoms with Gasteiger partial charge in [0.25, 0.3) is 11.8 Å². The first-order valence-electron chi connectivity index (χ1n) is 26.1. The molecule has 2 atom stereocenters. The first-order valence-corrected chi connectivity index (χ1v) is 26.1. The van der Waals surface area contributed by atoms with Gasteiger partial charge in [0.15, 0.2) is 0 Å². The highest BCUT2D eigenvalue weighted by molar-refractivity contribution is 6.25. The summed E-state index contributed by atoms with van der Waals surface area (Å²) in [5, 5.41) is 9.90. The molecule has 71 heavy (non-hydrogen) atoms. The maximum absolute atomic E-state index is 14.1. The quantitative estimate of drug-likeness (QED) is 0.125. The molecule has 11 rings (SSSR count). The van der Waals surface area contributed by atoms with Crippen LogP contribution in [0.2, 0.25) is 0 Å². The van der Waals surface area contributed by atoms with E-state index in [1.54, 1.807) is 24.3 Å². The van der Waals surface area contributed by atoms with Crippen molar-refractivity contribution in [1.82, 2.24) is 25.0 Å². The number of carbonyl (C=O) groups is 6. The predicted molar refractivity (Wildman–Crippen MR) is 265 cm³/mol. The zero-order chi connectivity index (χ0) is 49.0. The number of imide groups is 2. The van der Waals surface area contributed by atoms with Crippen molar-refractivity contribution in [1.29, 1.82) is 0 Å². The van der Waals surface area contributed by atoms with Gasteiger partial charge < -0.3 is 25.2 Å². The monoisotopic (exact) mass is 965 g/mol. The molecule has 6 amide bonds. The zero-order valence-corrected chi connectivity index (χ0v) is 40.6. The smallest absolute Gasteiger partial charge is 0.264 e. The molecule has 7 aliphatic rings. The Kier molecular flexibility index (Phi) is 12.7. The third kappa shape index (κ3) is 9.19. The van der Waals surface area contributed by atoms with E-state index in [-0.39, 0.29) is 59.5 Å². The predicted octanol–water partition coefficient (Wildman–Crippen LogP) is 8.22. The molecule has 1 aromatic heterocycles. The molecule has 1 unspecified atom stereocenters. The summed E-state index contributed by atoms with van der Waals surface area (Å²) in [4.78, 5) is 88.6. The van der Waals surface area contributed by atoms with Crippen LogP contribution >= 0.6 is 0 Å². The highest BCUT2D eigenvalue weighted by atomic mass is 19.1.